The van der Waals surface area contributed by atoms with Gasteiger partial charge in [-0.3, -0.25) is 4.99 Å². The van der Waals surface area contributed by atoms with Crippen LogP contribution in [0.15, 0.2) is 4.99 Å². The van der Waals surface area contributed by atoms with Gasteiger partial charge in [-0.1, -0.05) is 0 Å². The Morgan fingerprint density at radius 1 is 0.864 bits per heavy atom. The zero-order chi connectivity index (χ0) is 16.6. The van der Waals surface area contributed by atoms with Crippen LogP contribution in [0, 0.1) is 52.9 Å². The van der Waals surface area contributed by atoms with Crippen molar-refractivity contribution < 1.29 is 0 Å². The van der Waals surface area contributed by atoms with Crippen LogP contribution in [-0.2, 0) is 0 Å². The summed E-state index contributed by atoms with van der Waals surface area (Å²) in [5.74, 6) is 0. The molecule has 0 N–H and O–H groups in total. The largest absolute Gasteiger partial charge is 0.263 e. The van der Waals surface area contributed by atoms with Crippen LogP contribution in [-0.4, -0.2) is 6.72 Å². The SMILES string of the molecule is C=NC(=C(C#N)c1c(C)sc(C)c1C)c1c(C)sc(C)c1C. The fraction of sp³-hybridized carbons (Fsp3) is 0.333. The molecule has 0 atom stereocenters. The number of nitrogens with zero attached hydrogens (tertiary/aromatic N) is 2. The summed E-state index contributed by atoms with van der Waals surface area (Å²) in [7, 11) is 0. The molecular formula is C18H20N2S2. The second-order valence-electron chi connectivity index (χ2n) is 5.42. The van der Waals surface area contributed by atoms with Crippen molar-refractivity contribution in [1.29, 1.82) is 5.26 Å². The topological polar surface area (TPSA) is 36.1 Å². The van der Waals surface area contributed by atoms with E-state index in [4.69, 9.17) is 0 Å². The van der Waals surface area contributed by atoms with Crippen molar-refractivity contribution in [3.63, 3.8) is 0 Å². The number of rotatable bonds is 3. The van der Waals surface area contributed by atoms with Crippen molar-refractivity contribution in [2.45, 2.75) is 41.5 Å². The van der Waals surface area contributed by atoms with Gasteiger partial charge < -0.3 is 0 Å². The Bertz CT molecular complexity index is 826. The van der Waals surface area contributed by atoms with E-state index in [1.165, 1.54) is 25.8 Å². The Morgan fingerprint density at radius 2 is 1.32 bits per heavy atom. The Balaban J connectivity index is 2.86. The van der Waals surface area contributed by atoms with Gasteiger partial charge in [0.15, 0.2) is 0 Å². The monoisotopic (exact) mass is 328 g/mol. The van der Waals surface area contributed by atoms with E-state index in [1.54, 1.807) is 22.7 Å². The van der Waals surface area contributed by atoms with Gasteiger partial charge in [0, 0.05) is 30.6 Å². The van der Waals surface area contributed by atoms with E-state index >= 15 is 0 Å². The third-order valence-corrected chi connectivity index (χ3v) is 6.36. The summed E-state index contributed by atoms with van der Waals surface area (Å²) in [4.78, 5) is 9.11. The minimum Gasteiger partial charge on any atom is -0.263 e. The van der Waals surface area contributed by atoms with Crippen molar-refractivity contribution in [3.8, 4) is 6.07 Å². The molecule has 0 amide bonds. The van der Waals surface area contributed by atoms with E-state index in [0.717, 1.165) is 16.0 Å². The predicted octanol–water partition coefficient (Wildman–Crippen LogP) is 5.75. The quantitative estimate of drug-likeness (QED) is 0.522. The van der Waals surface area contributed by atoms with Gasteiger partial charge in [0.25, 0.3) is 0 Å². The number of aliphatic imine (C=N–C) groups is 1. The summed E-state index contributed by atoms with van der Waals surface area (Å²) in [6, 6.07) is 2.38. The van der Waals surface area contributed by atoms with E-state index in [0.29, 0.717) is 11.3 Å². The molecule has 0 radical (unpaired) electrons. The lowest BCUT2D eigenvalue weighted by atomic mass is 9.96. The molecule has 22 heavy (non-hydrogen) atoms. The van der Waals surface area contributed by atoms with Gasteiger partial charge in [0.1, 0.15) is 6.07 Å². The lowest BCUT2D eigenvalue weighted by Crippen LogP contribution is -1.94. The Kier molecular flexibility index (Phi) is 4.69. The highest BCUT2D eigenvalue weighted by Gasteiger charge is 2.21. The second-order valence-corrected chi connectivity index (χ2v) is 8.28. The molecule has 0 aliphatic heterocycles. The first kappa shape index (κ1) is 16.7. The molecule has 0 aliphatic carbocycles. The molecule has 2 aromatic heterocycles. The first-order chi connectivity index (χ1) is 10.3. The molecule has 0 saturated carbocycles. The molecular weight excluding hydrogens is 308 g/mol. The van der Waals surface area contributed by atoms with E-state index in [2.05, 4.69) is 59.3 Å². The third kappa shape index (κ3) is 2.55. The van der Waals surface area contributed by atoms with Crippen LogP contribution in [0.5, 0.6) is 0 Å². The number of thiophene rings is 2. The molecule has 0 aliphatic rings. The lowest BCUT2D eigenvalue weighted by molar-refractivity contribution is 1.35. The summed E-state index contributed by atoms with van der Waals surface area (Å²) in [5.41, 5.74) is 5.80. The second kappa shape index (κ2) is 6.20. The fourth-order valence-electron chi connectivity index (χ4n) is 2.81. The van der Waals surface area contributed by atoms with Crippen LogP contribution in [0.3, 0.4) is 0 Å². The van der Waals surface area contributed by atoms with Gasteiger partial charge in [0.2, 0.25) is 0 Å². The lowest BCUT2D eigenvalue weighted by Gasteiger charge is -2.09. The highest BCUT2D eigenvalue weighted by Crippen LogP contribution is 2.40. The number of hydrogen-bond acceptors (Lipinski definition) is 4. The van der Waals surface area contributed by atoms with E-state index in [9.17, 15) is 5.26 Å². The van der Waals surface area contributed by atoms with Crippen molar-refractivity contribution >= 4 is 40.7 Å². The zero-order valence-electron chi connectivity index (χ0n) is 13.9. The molecule has 0 aromatic carbocycles. The van der Waals surface area contributed by atoms with Crippen molar-refractivity contribution in [3.05, 3.63) is 41.8 Å². The Labute approximate surface area is 140 Å². The standard InChI is InChI=1S/C18H20N2S2/c1-9-11(3)21-13(5)16(9)15(8-19)18(20-7)17-10(2)12(4)22-14(17)6/h7H2,1-6H3. The number of hydrogen-bond donors (Lipinski definition) is 0. The maximum Gasteiger partial charge on any atom is 0.102 e. The average Bonchev–Trinajstić information content (AvgIpc) is 2.86. The molecule has 2 heterocycles. The van der Waals surface area contributed by atoms with Crippen molar-refractivity contribution in [1.82, 2.24) is 0 Å². The minimum absolute atomic E-state index is 0.637. The molecule has 0 saturated heterocycles. The van der Waals surface area contributed by atoms with Crippen molar-refractivity contribution in [2.75, 3.05) is 0 Å². The maximum atomic E-state index is 9.80. The Hall–Kier alpha value is -1.70. The summed E-state index contributed by atoms with van der Waals surface area (Å²) < 4.78 is 0. The maximum absolute atomic E-state index is 9.80. The van der Waals surface area contributed by atoms with Crippen LogP contribution in [0.1, 0.15) is 41.8 Å². The van der Waals surface area contributed by atoms with Crippen LogP contribution in [0.4, 0.5) is 0 Å². The smallest absolute Gasteiger partial charge is 0.102 e. The summed E-state index contributed by atoms with van der Waals surface area (Å²) >= 11 is 3.48. The highest BCUT2D eigenvalue weighted by atomic mass is 32.1. The van der Waals surface area contributed by atoms with Crippen LogP contribution >= 0.6 is 22.7 Å². The first-order valence-corrected chi connectivity index (χ1v) is 8.71. The third-order valence-electron chi connectivity index (χ3n) is 4.12. The Morgan fingerprint density at radius 3 is 1.64 bits per heavy atom. The highest BCUT2D eigenvalue weighted by molar-refractivity contribution is 7.12. The van der Waals surface area contributed by atoms with Crippen molar-refractivity contribution in [2.24, 2.45) is 4.99 Å². The average molecular weight is 329 g/mol. The van der Waals surface area contributed by atoms with E-state index < -0.39 is 0 Å². The van der Waals surface area contributed by atoms with E-state index in [-0.39, 0.29) is 0 Å². The summed E-state index contributed by atoms with van der Waals surface area (Å²) in [6.07, 6.45) is 0. The zero-order valence-corrected chi connectivity index (χ0v) is 15.6. The molecule has 2 nitrogen and oxygen atoms in total. The van der Waals surface area contributed by atoms with E-state index in [1.807, 2.05) is 0 Å². The molecule has 0 bridgehead atoms. The molecule has 4 heteroatoms. The molecule has 0 fully saturated rings. The molecule has 2 aromatic rings. The number of nitriles is 1. The predicted molar refractivity (Wildman–Crippen MR) is 99.0 cm³/mol. The minimum atomic E-state index is 0.637. The first-order valence-electron chi connectivity index (χ1n) is 7.08. The van der Waals surface area contributed by atoms with Gasteiger partial charge in [-0.15, -0.1) is 22.7 Å². The van der Waals surface area contributed by atoms with Crippen LogP contribution in [0.25, 0.3) is 11.3 Å². The molecule has 2 rings (SSSR count). The number of aryl methyl sites for hydroxylation is 4. The van der Waals surface area contributed by atoms with Gasteiger partial charge in [-0.05, 0) is 59.4 Å². The van der Waals surface area contributed by atoms with Gasteiger partial charge in [0.05, 0.1) is 11.3 Å². The van der Waals surface area contributed by atoms with Crippen LogP contribution in [0.2, 0.25) is 0 Å². The van der Waals surface area contributed by atoms with Crippen LogP contribution < -0.4 is 0 Å². The van der Waals surface area contributed by atoms with Gasteiger partial charge in [-0.25, -0.2) is 0 Å². The molecule has 0 unspecified atom stereocenters. The molecule has 0 spiro atoms. The number of allylic oxidation sites excluding steroid dienone is 1. The van der Waals surface area contributed by atoms with Gasteiger partial charge in [-0.2, -0.15) is 5.26 Å². The normalized spacial score (nSPS) is 12.0. The fourth-order valence-corrected chi connectivity index (χ4v) is 4.95. The summed E-state index contributed by atoms with van der Waals surface area (Å²) in [6.45, 7) is 16.3. The van der Waals surface area contributed by atoms with Gasteiger partial charge >= 0.3 is 0 Å². The summed E-state index contributed by atoms with van der Waals surface area (Å²) in [5, 5.41) is 9.80. The molecule has 114 valence electrons.